The zero-order valence-corrected chi connectivity index (χ0v) is 12.6. The number of hydrogen-bond donors (Lipinski definition) is 1. The van der Waals surface area contributed by atoms with E-state index in [-0.39, 0.29) is 6.04 Å². The van der Waals surface area contributed by atoms with E-state index in [4.69, 9.17) is 34.8 Å². The molecule has 2 aromatic rings. The van der Waals surface area contributed by atoms with Crippen LogP contribution in [-0.2, 0) is 0 Å². The van der Waals surface area contributed by atoms with Crippen LogP contribution in [0.5, 0.6) is 0 Å². The second kappa shape index (κ2) is 6.17. The maximum absolute atomic E-state index is 13.2. The summed E-state index contributed by atoms with van der Waals surface area (Å²) in [5.41, 5.74) is 0.916. The van der Waals surface area contributed by atoms with Crippen molar-refractivity contribution in [1.82, 2.24) is 0 Å². The number of anilines is 1. The quantitative estimate of drug-likeness (QED) is 0.714. The largest absolute Gasteiger partial charge is 0.376 e. The van der Waals surface area contributed by atoms with Crippen LogP contribution in [0.15, 0.2) is 30.3 Å². The van der Waals surface area contributed by atoms with Crippen LogP contribution in [0.25, 0.3) is 0 Å². The smallest absolute Gasteiger partial charge is 0.126 e. The highest BCUT2D eigenvalue weighted by atomic mass is 35.5. The van der Waals surface area contributed by atoms with Gasteiger partial charge in [0.2, 0.25) is 0 Å². The normalized spacial score (nSPS) is 12.3. The van der Waals surface area contributed by atoms with Crippen LogP contribution in [0.3, 0.4) is 0 Å². The summed E-state index contributed by atoms with van der Waals surface area (Å²) in [4.78, 5) is 0. The molecular formula is C14H10Cl3F2N. The summed E-state index contributed by atoms with van der Waals surface area (Å²) in [7, 11) is 0. The predicted molar refractivity (Wildman–Crippen MR) is 79.9 cm³/mol. The highest BCUT2D eigenvalue weighted by Gasteiger charge is 2.13. The monoisotopic (exact) mass is 335 g/mol. The van der Waals surface area contributed by atoms with E-state index in [9.17, 15) is 8.78 Å². The lowest BCUT2D eigenvalue weighted by atomic mass is 10.1. The molecule has 20 heavy (non-hydrogen) atoms. The summed E-state index contributed by atoms with van der Waals surface area (Å²) < 4.78 is 26.4. The van der Waals surface area contributed by atoms with Crippen molar-refractivity contribution >= 4 is 40.5 Å². The molecule has 0 spiro atoms. The Kier molecular flexibility index (Phi) is 4.74. The Labute approximate surface area is 130 Å². The van der Waals surface area contributed by atoms with Gasteiger partial charge in [-0.3, -0.25) is 0 Å². The van der Waals surface area contributed by atoms with Gasteiger partial charge in [0, 0.05) is 17.1 Å². The molecule has 0 saturated carbocycles. The van der Waals surface area contributed by atoms with Gasteiger partial charge in [-0.25, -0.2) is 8.78 Å². The van der Waals surface area contributed by atoms with Crippen LogP contribution in [0, 0.1) is 11.6 Å². The Balaban J connectivity index is 2.30. The summed E-state index contributed by atoms with van der Waals surface area (Å²) in [5.74, 6) is -1.27. The Morgan fingerprint density at radius 3 is 1.90 bits per heavy atom. The maximum atomic E-state index is 13.2. The number of nitrogens with one attached hydrogen (secondary N) is 1. The summed E-state index contributed by atoms with van der Waals surface area (Å²) in [6.07, 6.45) is 0. The van der Waals surface area contributed by atoms with Crippen molar-refractivity contribution in [3.8, 4) is 0 Å². The third-order valence-electron chi connectivity index (χ3n) is 2.75. The van der Waals surface area contributed by atoms with Crippen molar-refractivity contribution in [2.75, 3.05) is 5.32 Å². The van der Waals surface area contributed by atoms with E-state index in [1.165, 1.54) is 24.3 Å². The van der Waals surface area contributed by atoms with Crippen LogP contribution in [0.1, 0.15) is 18.5 Å². The zero-order valence-electron chi connectivity index (χ0n) is 10.4. The molecule has 1 N–H and O–H groups in total. The first-order chi connectivity index (χ1) is 9.36. The van der Waals surface area contributed by atoms with Gasteiger partial charge in [0.1, 0.15) is 11.6 Å². The van der Waals surface area contributed by atoms with Gasteiger partial charge in [-0.15, -0.1) is 0 Å². The highest BCUT2D eigenvalue weighted by molar-refractivity contribution is 6.41. The molecule has 0 radical (unpaired) electrons. The molecule has 6 heteroatoms. The number of halogens is 5. The minimum Gasteiger partial charge on any atom is -0.376 e. The third kappa shape index (κ3) is 3.54. The molecule has 0 aromatic heterocycles. The molecule has 0 heterocycles. The lowest BCUT2D eigenvalue weighted by molar-refractivity contribution is 0.577. The molecule has 1 unspecified atom stereocenters. The van der Waals surface area contributed by atoms with Gasteiger partial charge in [-0.05, 0) is 36.8 Å². The van der Waals surface area contributed by atoms with Gasteiger partial charge in [0.25, 0.3) is 0 Å². The van der Waals surface area contributed by atoms with E-state index >= 15 is 0 Å². The van der Waals surface area contributed by atoms with Gasteiger partial charge in [0.15, 0.2) is 0 Å². The van der Waals surface area contributed by atoms with Crippen molar-refractivity contribution in [2.45, 2.75) is 13.0 Å². The van der Waals surface area contributed by atoms with E-state index in [1.807, 2.05) is 0 Å². The Hall–Kier alpha value is -1.03. The van der Waals surface area contributed by atoms with Crippen molar-refractivity contribution in [3.63, 3.8) is 0 Å². The van der Waals surface area contributed by atoms with Gasteiger partial charge in [0.05, 0.1) is 15.7 Å². The van der Waals surface area contributed by atoms with Crippen LogP contribution in [-0.4, -0.2) is 0 Å². The van der Waals surface area contributed by atoms with Crippen LogP contribution >= 0.6 is 34.8 Å². The molecule has 0 aliphatic heterocycles. The fourth-order valence-electron chi connectivity index (χ4n) is 1.81. The summed E-state index contributed by atoms with van der Waals surface area (Å²) >= 11 is 17.9. The summed E-state index contributed by atoms with van der Waals surface area (Å²) in [5, 5.41) is 4.11. The van der Waals surface area contributed by atoms with Gasteiger partial charge in [-0.2, -0.15) is 0 Å². The fourth-order valence-corrected chi connectivity index (χ4v) is 2.73. The Morgan fingerprint density at radius 2 is 1.40 bits per heavy atom. The van der Waals surface area contributed by atoms with Crippen molar-refractivity contribution < 1.29 is 8.78 Å². The van der Waals surface area contributed by atoms with E-state index in [0.717, 1.165) is 6.07 Å². The Bertz CT molecular complexity index is 603. The molecule has 0 amide bonds. The topological polar surface area (TPSA) is 12.0 Å². The molecule has 0 fully saturated rings. The van der Waals surface area contributed by atoms with Gasteiger partial charge in [-0.1, -0.05) is 34.8 Å². The van der Waals surface area contributed by atoms with Crippen molar-refractivity contribution in [1.29, 1.82) is 0 Å². The summed E-state index contributed by atoms with van der Waals surface area (Å²) in [6.45, 7) is 1.75. The zero-order chi connectivity index (χ0) is 14.9. The molecule has 2 aromatic carbocycles. The first kappa shape index (κ1) is 15.4. The average Bonchev–Trinajstić information content (AvgIpc) is 2.32. The molecule has 1 atom stereocenters. The van der Waals surface area contributed by atoms with Crippen molar-refractivity contribution in [2.24, 2.45) is 0 Å². The van der Waals surface area contributed by atoms with E-state index in [1.54, 1.807) is 6.92 Å². The van der Waals surface area contributed by atoms with Crippen LogP contribution < -0.4 is 5.32 Å². The number of hydrogen-bond acceptors (Lipinski definition) is 1. The standard InChI is InChI=1S/C14H10Cl3F2N/c1-7(8-2-10(18)6-11(19)3-8)20-14-12(16)4-9(15)5-13(14)17/h2-7,20H,1H3. The SMILES string of the molecule is CC(Nc1c(Cl)cc(Cl)cc1Cl)c1cc(F)cc(F)c1. The molecule has 0 aliphatic rings. The highest BCUT2D eigenvalue weighted by Crippen LogP contribution is 2.36. The average molecular weight is 337 g/mol. The van der Waals surface area contributed by atoms with E-state index < -0.39 is 11.6 Å². The minimum absolute atomic E-state index is 0.339. The molecule has 1 nitrogen and oxygen atoms in total. The van der Waals surface area contributed by atoms with Crippen LogP contribution in [0.2, 0.25) is 15.1 Å². The molecule has 0 aliphatic carbocycles. The lowest BCUT2D eigenvalue weighted by Crippen LogP contribution is -2.08. The van der Waals surface area contributed by atoms with Gasteiger partial charge >= 0.3 is 0 Å². The fraction of sp³-hybridized carbons (Fsp3) is 0.143. The number of benzene rings is 2. The molecule has 0 saturated heterocycles. The van der Waals surface area contributed by atoms with Gasteiger partial charge < -0.3 is 5.32 Å². The molecule has 106 valence electrons. The molecule has 2 rings (SSSR count). The Morgan fingerprint density at radius 1 is 0.900 bits per heavy atom. The first-order valence-corrected chi connectivity index (χ1v) is 6.87. The third-order valence-corrected chi connectivity index (χ3v) is 3.57. The number of rotatable bonds is 3. The minimum atomic E-state index is -0.637. The second-order valence-electron chi connectivity index (χ2n) is 4.31. The maximum Gasteiger partial charge on any atom is 0.126 e. The predicted octanol–water partition coefficient (Wildman–Crippen LogP) is 6.10. The molecular weight excluding hydrogens is 327 g/mol. The van der Waals surface area contributed by atoms with Crippen molar-refractivity contribution in [3.05, 3.63) is 62.6 Å². The van der Waals surface area contributed by atoms with E-state index in [0.29, 0.717) is 26.3 Å². The summed E-state index contributed by atoms with van der Waals surface area (Å²) in [6, 6.07) is 6.01. The lowest BCUT2D eigenvalue weighted by Gasteiger charge is -2.18. The first-order valence-electron chi connectivity index (χ1n) is 5.74. The van der Waals surface area contributed by atoms with Crippen LogP contribution in [0.4, 0.5) is 14.5 Å². The second-order valence-corrected chi connectivity index (χ2v) is 5.56. The molecule has 0 bridgehead atoms. The van der Waals surface area contributed by atoms with E-state index in [2.05, 4.69) is 5.32 Å².